The highest BCUT2D eigenvalue weighted by molar-refractivity contribution is 5.78. The lowest BCUT2D eigenvalue weighted by Crippen LogP contribution is -2.72. The zero-order valence-corrected chi connectivity index (χ0v) is 75.4. The number of aliphatic hydroxyl groups excluding tert-OH is 19. The van der Waals surface area contributed by atoms with Crippen molar-refractivity contribution >= 4 is 35.4 Å². The number of aliphatic carboxylic acids is 2. The summed E-state index contributed by atoms with van der Waals surface area (Å²) in [6.45, 7) is -0.689. The second-order valence-electron chi connectivity index (χ2n) is 35.7. The van der Waals surface area contributed by atoms with Crippen LogP contribution in [0.15, 0.2) is 0 Å². The maximum Gasteiger partial charge on any atom is 0.364 e. The minimum atomic E-state index is -3.67. The number of Topliss-reactive ketones (excluding diaryl/α,β-unsaturated/α-hetero) is 1. The first-order valence-corrected chi connectivity index (χ1v) is 46.8. The Bertz CT molecular complexity index is 3180. The molecule has 6 heterocycles. The Labute approximate surface area is 754 Å². The predicted molar refractivity (Wildman–Crippen MR) is 450 cm³/mol. The van der Waals surface area contributed by atoms with Crippen molar-refractivity contribution in [1.29, 1.82) is 0 Å². The Kier molecular flexibility index (Phi) is 51.4. The number of ether oxygens (including phenoxy) is 12. The highest BCUT2D eigenvalue weighted by Crippen LogP contribution is 2.44. The van der Waals surface area contributed by atoms with E-state index in [4.69, 9.17) is 56.8 Å². The van der Waals surface area contributed by atoms with Crippen LogP contribution < -0.4 is 16.0 Å². The van der Waals surface area contributed by atoms with E-state index < -0.39 is 308 Å². The molecule has 34 atom stereocenters. The summed E-state index contributed by atoms with van der Waals surface area (Å²) in [5, 5.41) is 246. The van der Waals surface area contributed by atoms with Crippen LogP contribution in [0.5, 0.6) is 0 Å². The maximum atomic E-state index is 14.4. The summed E-state index contributed by atoms with van der Waals surface area (Å²) >= 11 is 0. The van der Waals surface area contributed by atoms with Gasteiger partial charge < -0.3 is 185 Å². The molecular weight excluding hydrogens is 1710 g/mol. The van der Waals surface area contributed by atoms with Gasteiger partial charge in [-0.25, -0.2) is 9.59 Å². The fraction of sp³-hybridized carbons (Fsp3) is 0.931. The Morgan fingerprint density at radius 3 is 1.28 bits per heavy atom. The minimum absolute atomic E-state index is 0.113. The van der Waals surface area contributed by atoms with E-state index >= 15 is 0 Å². The topological polar surface area (TPSA) is 674 Å². The predicted octanol–water partition coefficient (Wildman–Crippen LogP) is -1.77. The molecule has 129 heavy (non-hydrogen) atoms. The number of carboxylic acid groups (broad SMARTS) is 2. The van der Waals surface area contributed by atoms with E-state index in [0.717, 1.165) is 91.4 Å². The van der Waals surface area contributed by atoms with Crippen molar-refractivity contribution in [2.75, 3.05) is 46.2 Å². The lowest BCUT2D eigenvalue weighted by Gasteiger charge is -2.53. The standard InChI is InChI=1S/C87H155N3O39/c1-6-8-10-12-14-16-18-20-21-22-23-25-27-29-31-33-35-37-62(104)90-52(53(100)36-34-32-30-28-26-24-19-17-15-13-11-9-7-2)47-118-81-72(112)70(110)75(60(45-95)121-81)124-83-73(113)79(76(61(46-96)122-83)125-80-51(38-48(3)97)74(67(107)58(43-93)119-80)123-82-71(111)69(109)66(106)57(42-92)120-82)129-87(85(116)117)40-55(102)64(89-50(5)99)78(128-87)68(108)59(44-94)126-86(84(114)115)39-54(101)63(88-49(4)98)77(127-86)65(105)56(103)41-91/h51-61,63-83,91-96,100-103,105-113H,6-47H2,1-5H3,(H,88,98)(H,89,99)(H,90,104)(H,114,115)(H,116,117)/t51-,52+,53-,54+,55+,56-,57-,58-,59-,60-,61-,63-,64-,65-,66+,67+,68-,69+,70-,71-,72-,73-,74-,75-,76+,77?,78?,79-,80+,81-,82+,83+,86-,87+/m1/s1. The quantitative estimate of drug-likeness (QED) is 0.0300. The van der Waals surface area contributed by atoms with Crippen molar-refractivity contribution in [2.24, 2.45) is 5.92 Å². The van der Waals surface area contributed by atoms with Crippen molar-refractivity contribution in [3.63, 3.8) is 0 Å². The number of amides is 3. The number of hydrogen-bond acceptors (Lipinski definition) is 37. The minimum Gasteiger partial charge on any atom is -0.477 e. The molecule has 42 nitrogen and oxygen atoms in total. The van der Waals surface area contributed by atoms with E-state index in [1.165, 1.54) is 109 Å². The van der Waals surface area contributed by atoms with Crippen LogP contribution in [0.3, 0.4) is 0 Å². The number of aliphatic hydroxyl groups is 19. The van der Waals surface area contributed by atoms with Gasteiger partial charge in [0.25, 0.3) is 11.6 Å². The van der Waals surface area contributed by atoms with Gasteiger partial charge in [-0.3, -0.25) is 14.4 Å². The second-order valence-corrected chi connectivity index (χ2v) is 35.7. The summed E-state index contributed by atoms with van der Waals surface area (Å²) < 4.78 is 72.6. The largest absolute Gasteiger partial charge is 0.477 e. The van der Waals surface area contributed by atoms with Gasteiger partial charge in [-0.05, 0) is 19.8 Å². The Balaban J connectivity index is 1.31. The van der Waals surface area contributed by atoms with Crippen molar-refractivity contribution in [2.45, 2.75) is 461 Å². The summed E-state index contributed by atoms with van der Waals surface area (Å²) in [7, 11) is 0. The number of carboxylic acids is 2. The van der Waals surface area contributed by atoms with Gasteiger partial charge in [0, 0.05) is 45.4 Å². The molecule has 2 unspecified atom stereocenters. The van der Waals surface area contributed by atoms with Gasteiger partial charge in [-0.2, -0.15) is 0 Å². The third-order valence-corrected chi connectivity index (χ3v) is 25.2. The fourth-order valence-corrected chi connectivity index (χ4v) is 17.8. The smallest absolute Gasteiger partial charge is 0.364 e. The summed E-state index contributed by atoms with van der Waals surface area (Å²) in [4.78, 5) is 80.6. The van der Waals surface area contributed by atoms with Gasteiger partial charge in [0.15, 0.2) is 25.2 Å². The molecule has 0 saturated carbocycles. The molecule has 0 radical (unpaired) electrons. The third-order valence-electron chi connectivity index (χ3n) is 25.2. The number of rotatable bonds is 63. The fourth-order valence-electron chi connectivity index (χ4n) is 17.8. The number of unbranched alkanes of at least 4 members (excludes halogenated alkanes) is 28. The maximum absolute atomic E-state index is 14.4. The Hall–Kier alpha value is -4.22. The molecule has 0 spiro atoms. The lowest BCUT2D eigenvalue weighted by molar-refractivity contribution is -0.407. The van der Waals surface area contributed by atoms with Crippen molar-refractivity contribution in [1.82, 2.24) is 16.0 Å². The van der Waals surface area contributed by atoms with E-state index in [9.17, 15) is 136 Å². The van der Waals surface area contributed by atoms with Crippen LogP contribution in [0.25, 0.3) is 0 Å². The Morgan fingerprint density at radius 2 is 0.814 bits per heavy atom. The molecule has 3 amide bonds. The second kappa shape index (κ2) is 58.4. The number of carbonyl (C=O) groups is 6. The van der Waals surface area contributed by atoms with E-state index in [0.29, 0.717) is 12.8 Å². The summed E-state index contributed by atoms with van der Waals surface area (Å²) in [6, 6.07) is -5.01. The van der Waals surface area contributed by atoms with Crippen LogP contribution in [-0.2, 0) is 85.6 Å². The van der Waals surface area contributed by atoms with Gasteiger partial charge in [0.1, 0.15) is 128 Å². The molecule has 752 valence electrons. The molecular formula is C87H155N3O39. The van der Waals surface area contributed by atoms with Crippen molar-refractivity contribution in [3.05, 3.63) is 0 Å². The van der Waals surface area contributed by atoms with Gasteiger partial charge in [0.2, 0.25) is 17.7 Å². The first-order chi connectivity index (χ1) is 61.6. The first-order valence-electron chi connectivity index (χ1n) is 46.8. The van der Waals surface area contributed by atoms with Gasteiger partial charge >= 0.3 is 11.9 Å². The van der Waals surface area contributed by atoms with Gasteiger partial charge in [0.05, 0.1) is 88.8 Å². The number of carbonyl (C=O) groups excluding carboxylic acids is 4. The molecule has 6 aliphatic heterocycles. The average Bonchev–Trinajstić information content (AvgIpc) is 0.750. The highest BCUT2D eigenvalue weighted by Gasteiger charge is 2.64. The van der Waals surface area contributed by atoms with E-state index in [2.05, 4.69) is 29.8 Å². The normalized spacial score (nSPS) is 34.7. The molecule has 6 saturated heterocycles. The van der Waals surface area contributed by atoms with Crippen molar-refractivity contribution < 1.29 is 193 Å². The van der Waals surface area contributed by atoms with Crippen LogP contribution in [0.4, 0.5) is 0 Å². The third kappa shape index (κ3) is 33.9. The summed E-state index contributed by atoms with van der Waals surface area (Å²) in [5.41, 5.74) is 0. The van der Waals surface area contributed by atoms with Crippen LogP contribution in [0.1, 0.15) is 259 Å². The van der Waals surface area contributed by atoms with Gasteiger partial charge in [-0.1, -0.05) is 200 Å². The molecule has 6 rings (SSSR count). The van der Waals surface area contributed by atoms with E-state index in [1.54, 1.807) is 0 Å². The molecule has 6 fully saturated rings. The van der Waals surface area contributed by atoms with Crippen LogP contribution in [0, 0.1) is 5.92 Å². The van der Waals surface area contributed by atoms with Crippen LogP contribution in [0.2, 0.25) is 0 Å². The van der Waals surface area contributed by atoms with E-state index in [-0.39, 0.29) is 12.8 Å². The summed E-state index contributed by atoms with van der Waals surface area (Å²) in [6.07, 6.45) is -31.0. The zero-order chi connectivity index (χ0) is 95.2. The zero-order valence-electron chi connectivity index (χ0n) is 75.4. The monoisotopic (exact) mass is 1870 g/mol. The molecule has 0 aliphatic carbocycles. The average molecular weight is 1870 g/mol. The number of hydrogen-bond donors (Lipinski definition) is 24. The molecule has 0 aromatic heterocycles. The van der Waals surface area contributed by atoms with Crippen molar-refractivity contribution in [3.8, 4) is 0 Å². The highest BCUT2D eigenvalue weighted by atomic mass is 16.8. The van der Waals surface area contributed by atoms with E-state index in [1.807, 2.05) is 0 Å². The number of nitrogens with one attached hydrogen (secondary N) is 3. The first kappa shape index (κ1) is 114. The molecule has 0 bridgehead atoms. The van der Waals surface area contributed by atoms with Crippen LogP contribution in [-0.4, -0.2) is 390 Å². The molecule has 0 aromatic rings. The summed E-state index contributed by atoms with van der Waals surface area (Å²) in [5.74, 6) is -16.5. The SMILES string of the molecule is CCCCCCCCCCCCCCCCCCCC(=O)N[C@@H](CO[C@@H]1O[C@H](CO)[C@@H](O[C@@H]2O[C@H](CO)[C@H](O[C@@H]3O[C@H](CO)[C@H](O)[C@H](O[C@@H]4O[C@H](CO)[C@H](O)[C@H](O)[C@H]4O)[C@H]3CC(C)=O)[C@H](O[C@]3(C(=O)O)C[C@H](O)[C@@H](NC(C)=O)C([C@H](O)[C@@H](CO)O[C@]4(C(=O)O)C[C@H](O)[C@@H](NC(C)=O)C([C@H](O)[C@H](O)CO)O4)O3)[C@H]2O)[C@H](O)[C@H]1O)[C@H](O)CCCCCCCCCCCCCCC. The molecule has 42 heteroatoms. The number of ketones is 1. The molecule has 24 N–H and O–H groups in total. The Morgan fingerprint density at radius 1 is 0.411 bits per heavy atom. The molecule has 0 aromatic carbocycles. The lowest BCUT2D eigenvalue weighted by atomic mass is 9.86. The molecule has 6 aliphatic rings. The van der Waals surface area contributed by atoms with Crippen LogP contribution >= 0.6 is 0 Å². The van der Waals surface area contributed by atoms with Gasteiger partial charge in [-0.15, -0.1) is 0 Å².